The second-order valence-electron chi connectivity index (χ2n) is 7.26. The molecule has 1 amide bonds. The Bertz CT molecular complexity index is 1040. The molecule has 1 aliphatic rings. The first-order chi connectivity index (χ1) is 14.1. The fourth-order valence-electron chi connectivity index (χ4n) is 3.70. The molecule has 4 rings (SSSR count). The van der Waals surface area contributed by atoms with Crippen LogP contribution in [0.2, 0.25) is 0 Å². The highest BCUT2D eigenvalue weighted by Crippen LogP contribution is 2.29. The molecule has 1 aromatic heterocycles. The third-order valence-corrected chi connectivity index (χ3v) is 5.26. The van der Waals surface area contributed by atoms with Crippen LogP contribution in [0.15, 0.2) is 48.5 Å². The van der Waals surface area contributed by atoms with Crippen molar-refractivity contribution in [3.05, 3.63) is 70.9 Å². The normalized spacial score (nSPS) is 16.1. The van der Waals surface area contributed by atoms with Crippen molar-refractivity contribution in [3.8, 4) is 5.75 Å². The number of aromatic amines is 1. The molecule has 0 aliphatic heterocycles. The number of nitrogens with two attached hydrogens (primary N) is 1. The van der Waals surface area contributed by atoms with Crippen LogP contribution in [0.3, 0.4) is 0 Å². The van der Waals surface area contributed by atoms with E-state index < -0.39 is 0 Å². The van der Waals surface area contributed by atoms with Gasteiger partial charge in [-0.1, -0.05) is 24.3 Å². The van der Waals surface area contributed by atoms with Crippen molar-refractivity contribution in [2.45, 2.75) is 25.3 Å². The number of hydrogen-bond acceptors (Lipinski definition) is 4. The van der Waals surface area contributed by atoms with Gasteiger partial charge in [-0.2, -0.15) is 0 Å². The maximum Gasteiger partial charge on any atom is 0.274 e. The molecule has 0 radical (unpaired) electrons. The molecule has 1 atom stereocenters. The van der Waals surface area contributed by atoms with Gasteiger partial charge >= 0.3 is 0 Å². The Kier molecular flexibility index (Phi) is 5.64. The molecule has 6 heteroatoms. The molecule has 0 fully saturated rings. The molecule has 1 aliphatic carbocycles. The molecule has 29 heavy (non-hydrogen) atoms. The number of amides is 1. The molecular weight excluding hydrogens is 366 g/mol. The second kappa shape index (κ2) is 8.51. The van der Waals surface area contributed by atoms with Gasteiger partial charge in [0, 0.05) is 28.2 Å². The van der Waals surface area contributed by atoms with Crippen molar-refractivity contribution in [2.75, 3.05) is 13.7 Å². The Morgan fingerprint density at radius 1 is 1.28 bits per heavy atom. The molecule has 4 N–H and O–H groups in total. The van der Waals surface area contributed by atoms with Gasteiger partial charge in [0.2, 0.25) is 0 Å². The van der Waals surface area contributed by atoms with Gasteiger partial charge in [-0.25, -0.2) is 5.48 Å². The first-order valence-corrected chi connectivity index (χ1v) is 9.76. The summed E-state index contributed by atoms with van der Waals surface area (Å²) >= 11 is 0. The largest absolute Gasteiger partial charge is 0.497 e. The number of carbonyl (C=O) groups excluding carboxylic acids is 1. The lowest BCUT2D eigenvalue weighted by atomic mass is 9.92. The van der Waals surface area contributed by atoms with Crippen molar-refractivity contribution in [2.24, 2.45) is 5.73 Å². The maximum atomic E-state index is 12.4. The molecule has 0 saturated heterocycles. The Morgan fingerprint density at radius 2 is 2.10 bits per heavy atom. The van der Waals surface area contributed by atoms with Gasteiger partial charge in [-0.05, 0) is 60.7 Å². The summed E-state index contributed by atoms with van der Waals surface area (Å²) in [6.07, 6.45) is 6.55. The predicted molar refractivity (Wildman–Crippen MR) is 114 cm³/mol. The van der Waals surface area contributed by atoms with E-state index in [0.29, 0.717) is 5.56 Å². The van der Waals surface area contributed by atoms with Crippen LogP contribution >= 0.6 is 0 Å². The number of methoxy groups -OCH3 is 1. The number of aromatic nitrogens is 1. The van der Waals surface area contributed by atoms with Crippen LogP contribution in [-0.2, 0) is 17.7 Å². The van der Waals surface area contributed by atoms with E-state index in [1.807, 2.05) is 48.6 Å². The molecular formula is C23H25N3O3. The van der Waals surface area contributed by atoms with Crippen molar-refractivity contribution >= 4 is 22.9 Å². The molecule has 1 heterocycles. The van der Waals surface area contributed by atoms with Gasteiger partial charge in [0.15, 0.2) is 0 Å². The highest BCUT2D eigenvalue weighted by molar-refractivity contribution is 5.98. The third kappa shape index (κ3) is 4.34. The smallest absolute Gasteiger partial charge is 0.274 e. The Balaban J connectivity index is 1.35. The highest BCUT2D eigenvalue weighted by atomic mass is 16.6. The minimum absolute atomic E-state index is 0.180. The zero-order chi connectivity index (χ0) is 20.2. The van der Waals surface area contributed by atoms with E-state index >= 15 is 0 Å². The summed E-state index contributed by atoms with van der Waals surface area (Å²) in [4.78, 5) is 21.2. The summed E-state index contributed by atoms with van der Waals surface area (Å²) in [5.74, 6) is 0.549. The van der Waals surface area contributed by atoms with Crippen molar-refractivity contribution in [1.29, 1.82) is 0 Å². The lowest BCUT2D eigenvalue weighted by Gasteiger charge is -2.18. The minimum atomic E-state index is -0.264. The first kappa shape index (κ1) is 19.2. The van der Waals surface area contributed by atoms with Gasteiger partial charge in [-0.3, -0.25) is 9.63 Å². The Labute approximate surface area is 169 Å². The summed E-state index contributed by atoms with van der Waals surface area (Å²) in [5.41, 5.74) is 13.7. The first-order valence-electron chi connectivity index (χ1n) is 9.76. The van der Waals surface area contributed by atoms with Gasteiger partial charge in [0.25, 0.3) is 5.91 Å². The summed E-state index contributed by atoms with van der Waals surface area (Å²) < 4.78 is 5.13. The number of carbonyl (C=O) groups is 1. The zero-order valence-corrected chi connectivity index (χ0v) is 16.4. The van der Waals surface area contributed by atoms with E-state index in [1.54, 1.807) is 13.2 Å². The average molecular weight is 391 g/mol. The number of ether oxygens (including phenoxy) is 1. The van der Waals surface area contributed by atoms with Crippen LogP contribution < -0.4 is 16.0 Å². The van der Waals surface area contributed by atoms with Crippen LogP contribution in [-0.4, -0.2) is 30.6 Å². The summed E-state index contributed by atoms with van der Waals surface area (Å²) in [7, 11) is 1.64. The average Bonchev–Trinajstić information content (AvgIpc) is 3.11. The van der Waals surface area contributed by atoms with E-state index in [1.165, 1.54) is 11.3 Å². The fourth-order valence-corrected chi connectivity index (χ4v) is 3.70. The number of hydrogen-bond donors (Lipinski definition) is 3. The van der Waals surface area contributed by atoms with Crippen molar-refractivity contribution in [3.63, 3.8) is 0 Å². The van der Waals surface area contributed by atoms with Crippen molar-refractivity contribution < 1.29 is 14.4 Å². The summed E-state index contributed by atoms with van der Waals surface area (Å²) in [6, 6.07) is 13.5. The van der Waals surface area contributed by atoms with E-state index in [0.717, 1.165) is 41.5 Å². The van der Waals surface area contributed by atoms with Gasteiger partial charge in [0.05, 0.1) is 13.7 Å². The van der Waals surface area contributed by atoms with E-state index in [2.05, 4.69) is 10.5 Å². The van der Waals surface area contributed by atoms with Gasteiger partial charge < -0.3 is 15.5 Å². The summed E-state index contributed by atoms with van der Waals surface area (Å²) in [5, 5.41) is 1.07. The number of fused-ring (bicyclic) bond motifs is 3. The van der Waals surface area contributed by atoms with Crippen LogP contribution in [0.1, 0.15) is 33.6 Å². The van der Waals surface area contributed by atoms with Crippen molar-refractivity contribution in [1.82, 2.24) is 10.5 Å². The Morgan fingerprint density at radius 3 is 2.90 bits per heavy atom. The monoisotopic (exact) mass is 391 g/mol. The highest BCUT2D eigenvalue weighted by Gasteiger charge is 2.20. The molecule has 2 aromatic carbocycles. The number of hydroxylamine groups is 1. The number of benzene rings is 2. The third-order valence-electron chi connectivity index (χ3n) is 5.26. The minimum Gasteiger partial charge on any atom is -0.497 e. The number of H-pyrrole nitrogens is 1. The van der Waals surface area contributed by atoms with Crippen LogP contribution in [0.5, 0.6) is 5.75 Å². The molecule has 3 aromatic rings. The quantitative estimate of drug-likeness (QED) is 0.444. The standard InChI is InChI=1S/C23H25N3O3/c1-28-18-8-4-15(5-9-18)3-2-12-29-26-23(27)16-6-10-21-19(13-16)20-14-17(24)7-11-22(20)25-21/h2-6,8-10,13,17,25H,7,11-12,14,24H2,1H3,(H,26,27)/b3-2+. The van der Waals surface area contributed by atoms with Crippen LogP contribution in [0, 0.1) is 0 Å². The molecule has 0 saturated carbocycles. The molecule has 0 spiro atoms. The fraction of sp³-hybridized carbons (Fsp3) is 0.261. The molecule has 1 unspecified atom stereocenters. The van der Waals surface area contributed by atoms with E-state index in [-0.39, 0.29) is 18.6 Å². The Hall–Kier alpha value is -3.09. The summed E-state index contributed by atoms with van der Waals surface area (Å²) in [6.45, 7) is 0.272. The molecule has 150 valence electrons. The van der Waals surface area contributed by atoms with Crippen LogP contribution in [0.4, 0.5) is 0 Å². The second-order valence-corrected chi connectivity index (χ2v) is 7.26. The van der Waals surface area contributed by atoms with Gasteiger partial charge in [-0.15, -0.1) is 0 Å². The molecule has 6 nitrogen and oxygen atoms in total. The lowest BCUT2D eigenvalue weighted by Crippen LogP contribution is -2.27. The van der Waals surface area contributed by atoms with Crippen LogP contribution in [0.25, 0.3) is 17.0 Å². The number of aryl methyl sites for hydroxylation is 1. The van der Waals surface area contributed by atoms with Gasteiger partial charge in [0.1, 0.15) is 5.75 Å². The van der Waals surface area contributed by atoms with E-state index in [4.69, 9.17) is 15.3 Å². The van der Waals surface area contributed by atoms with E-state index in [9.17, 15) is 4.79 Å². The number of rotatable bonds is 6. The predicted octanol–water partition coefficient (Wildman–Crippen LogP) is 3.37. The molecule has 0 bridgehead atoms. The lowest BCUT2D eigenvalue weighted by molar-refractivity contribution is 0.0422. The number of nitrogens with one attached hydrogen (secondary N) is 2. The topological polar surface area (TPSA) is 89.4 Å². The SMILES string of the molecule is COc1ccc(/C=C/CONC(=O)c2ccc3[nH]c4c(c3c2)CC(N)CC4)cc1. The zero-order valence-electron chi connectivity index (χ0n) is 16.4. The maximum absolute atomic E-state index is 12.4.